The summed E-state index contributed by atoms with van der Waals surface area (Å²) in [5, 5.41) is 17.2. The number of nitrogens with two attached hydrogens (primary N) is 2. The van der Waals surface area contributed by atoms with Crippen LogP contribution in [0.5, 0.6) is 0 Å². The molecule has 0 saturated carbocycles. The number of aliphatic hydroxyl groups is 1. The SMILES string of the molecule is NC(N)=NCCCC(NC(=O)[C@@H]1CC(O)CN1)C(=O)c1nccs1. The van der Waals surface area contributed by atoms with E-state index in [1.807, 2.05) is 0 Å². The van der Waals surface area contributed by atoms with Crippen LogP contribution in [0.15, 0.2) is 16.6 Å². The Balaban J connectivity index is 1.97. The Bertz CT molecular complexity index is 587. The Labute approximate surface area is 143 Å². The molecule has 2 heterocycles. The number of nitrogens with zero attached hydrogens (tertiary/aromatic N) is 2. The number of amides is 1. The summed E-state index contributed by atoms with van der Waals surface area (Å²) in [4.78, 5) is 32.7. The summed E-state index contributed by atoms with van der Waals surface area (Å²) < 4.78 is 0. The molecule has 0 aliphatic carbocycles. The van der Waals surface area contributed by atoms with Gasteiger partial charge in [0, 0.05) is 24.7 Å². The summed E-state index contributed by atoms with van der Waals surface area (Å²) >= 11 is 1.23. The molecule has 0 bridgehead atoms. The van der Waals surface area contributed by atoms with Gasteiger partial charge in [-0.05, 0) is 19.3 Å². The van der Waals surface area contributed by atoms with Crippen LogP contribution in [0.4, 0.5) is 0 Å². The summed E-state index contributed by atoms with van der Waals surface area (Å²) in [6.45, 7) is 0.744. The molecule has 1 aliphatic rings. The summed E-state index contributed by atoms with van der Waals surface area (Å²) in [7, 11) is 0. The molecule has 24 heavy (non-hydrogen) atoms. The molecule has 2 unspecified atom stereocenters. The zero-order valence-electron chi connectivity index (χ0n) is 13.1. The molecule has 1 aromatic heterocycles. The Hall–Kier alpha value is -2.04. The highest BCUT2D eigenvalue weighted by Gasteiger charge is 2.31. The van der Waals surface area contributed by atoms with Gasteiger partial charge in [-0.2, -0.15) is 0 Å². The molecule has 1 saturated heterocycles. The second-order valence-corrected chi connectivity index (χ2v) is 6.46. The average Bonchev–Trinajstić information content (AvgIpc) is 3.20. The monoisotopic (exact) mass is 354 g/mol. The first-order chi connectivity index (χ1) is 11.5. The maximum Gasteiger partial charge on any atom is 0.237 e. The van der Waals surface area contributed by atoms with E-state index in [-0.39, 0.29) is 17.6 Å². The van der Waals surface area contributed by atoms with E-state index in [1.54, 1.807) is 11.6 Å². The molecule has 3 atom stereocenters. The Morgan fingerprint density at radius 3 is 2.92 bits per heavy atom. The van der Waals surface area contributed by atoms with E-state index in [2.05, 4.69) is 20.6 Å². The van der Waals surface area contributed by atoms with E-state index >= 15 is 0 Å². The summed E-state index contributed by atoms with van der Waals surface area (Å²) in [5.74, 6) is -0.545. The smallest absolute Gasteiger partial charge is 0.237 e. The van der Waals surface area contributed by atoms with Gasteiger partial charge in [0.25, 0.3) is 0 Å². The van der Waals surface area contributed by atoms with Crippen LogP contribution in [0, 0.1) is 0 Å². The van der Waals surface area contributed by atoms with Gasteiger partial charge in [-0.25, -0.2) is 4.98 Å². The fourth-order valence-electron chi connectivity index (χ4n) is 2.46. The van der Waals surface area contributed by atoms with Crippen molar-refractivity contribution in [3.8, 4) is 0 Å². The van der Waals surface area contributed by atoms with E-state index < -0.39 is 18.2 Å². The van der Waals surface area contributed by atoms with Gasteiger partial charge in [-0.15, -0.1) is 11.3 Å². The van der Waals surface area contributed by atoms with Gasteiger partial charge >= 0.3 is 0 Å². The van der Waals surface area contributed by atoms with E-state index in [9.17, 15) is 14.7 Å². The molecule has 0 spiro atoms. The van der Waals surface area contributed by atoms with Crippen molar-refractivity contribution in [3.05, 3.63) is 16.6 Å². The molecule has 1 fully saturated rings. The standard InChI is InChI=1S/C14H22N6O3S/c15-14(16)18-3-1-2-9(11(22)13-17-4-5-24-13)20-12(23)10-6-8(21)7-19-10/h4-5,8-10,19,21H,1-3,6-7H2,(H,20,23)(H4,15,16,18)/t8?,9?,10-/m0/s1. The van der Waals surface area contributed by atoms with Crippen LogP contribution in [0.3, 0.4) is 0 Å². The highest BCUT2D eigenvalue weighted by atomic mass is 32.1. The maximum absolute atomic E-state index is 12.5. The molecule has 0 radical (unpaired) electrons. The van der Waals surface area contributed by atoms with E-state index in [1.165, 1.54) is 11.3 Å². The first-order valence-corrected chi connectivity index (χ1v) is 8.56. The molecule has 0 aromatic carbocycles. The number of hydrogen-bond acceptors (Lipinski definition) is 7. The predicted octanol–water partition coefficient (Wildman–Crippen LogP) is -1.41. The van der Waals surface area contributed by atoms with Crippen LogP contribution >= 0.6 is 11.3 Å². The number of thiazole rings is 1. The highest BCUT2D eigenvalue weighted by molar-refractivity contribution is 7.11. The minimum absolute atomic E-state index is 0.00835. The molecule has 1 amide bonds. The fraction of sp³-hybridized carbons (Fsp3) is 0.571. The van der Waals surface area contributed by atoms with Crippen LogP contribution in [0.2, 0.25) is 0 Å². The van der Waals surface area contributed by atoms with Crippen molar-refractivity contribution in [2.24, 2.45) is 16.5 Å². The molecule has 10 heteroatoms. The number of ketones is 1. The molecule has 1 aliphatic heterocycles. The third kappa shape index (κ3) is 5.25. The number of aromatic nitrogens is 1. The minimum Gasteiger partial charge on any atom is -0.392 e. The molecule has 7 N–H and O–H groups in total. The lowest BCUT2D eigenvalue weighted by atomic mass is 10.1. The van der Waals surface area contributed by atoms with Gasteiger partial charge in [0.05, 0.1) is 18.2 Å². The largest absolute Gasteiger partial charge is 0.392 e. The number of aliphatic imine (C=N–C) groups is 1. The first-order valence-electron chi connectivity index (χ1n) is 7.68. The van der Waals surface area contributed by atoms with Crippen molar-refractivity contribution < 1.29 is 14.7 Å². The topological polar surface area (TPSA) is 156 Å². The van der Waals surface area contributed by atoms with Crippen LogP contribution in [0.25, 0.3) is 0 Å². The lowest BCUT2D eigenvalue weighted by Gasteiger charge is -2.19. The molecular formula is C14H22N6O3S. The molecule has 1 aromatic rings. The van der Waals surface area contributed by atoms with Crippen molar-refractivity contribution in [2.45, 2.75) is 37.5 Å². The second-order valence-electron chi connectivity index (χ2n) is 5.56. The first kappa shape index (κ1) is 18.3. The highest BCUT2D eigenvalue weighted by Crippen LogP contribution is 2.13. The molecular weight excluding hydrogens is 332 g/mol. The van der Waals surface area contributed by atoms with Gasteiger partial charge in [0.2, 0.25) is 11.7 Å². The summed E-state index contributed by atoms with van der Waals surface area (Å²) in [5.41, 5.74) is 10.5. The van der Waals surface area contributed by atoms with Gasteiger partial charge in [0.15, 0.2) is 11.0 Å². The Morgan fingerprint density at radius 2 is 2.33 bits per heavy atom. The normalized spacial score (nSPS) is 21.2. The van der Waals surface area contributed by atoms with Gasteiger partial charge in [-0.3, -0.25) is 14.6 Å². The molecule has 132 valence electrons. The molecule has 2 rings (SSSR count). The Kier molecular flexibility index (Phi) is 6.64. The number of nitrogens with one attached hydrogen (secondary N) is 2. The molecule has 9 nitrogen and oxygen atoms in total. The lowest BCUT2D eigenvalue weighted by molar-refractivity contribution is -0.123. The van der Waals surface area contributed by atoms with Crippen LogP contribution in [-0.2, 0) is 4.79 Å². The van der Waals surface area contributed by atoms with Crippen LogP contribution in [0.1, 0.15) is 29.1 Å². The number of aliphatic hydroxyl groups excluding tert-OH is 1. The number of carbonyl (C=O) groups excluding carboxylic acids is 2. The summed E-state index contributed by atoms with van der Waals surface area (Å²) in [6, 6.07) is -1.19. The number of β-amino-alcohol motifs (C(OH)–C–C–N with tert-alkyl or cyclic N) is 1. The minimum atomic E-state index is -0.697. The van der Waals surface area contributed by atoms with E-state index in [0.29, 0.717) is 37.4 Å². The number of rotatable bonds is 8. The van der Waals surface area contributed by atoms with Gasteiger partial charge in [-0.1, -0.05) is 0 Å². The second kappa shape index (κ2) is 8.71. The van der Waals surface area contributed by atoms with E-state index in [4.69, 9.17) is 11.5 Å². The average molecular weight is 354 g/mol. The third-order valence-electron chi connectivity index (χ3n) is 3.65. The van der Waals surface area contributed by atoms with Crippen LogP contribution in [-0.4, -0.2) is 59.0 Å². The van der Waals surface area contributed by atoms with Crippen molar-refractivity contribution in [1.29, 1.82) is 0 Å². The maximum atomic E-state index is 12.5. The lowest BCUT2D eigenvalue weighted by Crippen LogP contribution is -2.48. The predicted molar refractivity (Wildman–Crippen MR) is 90.7 cm³/mol. The van der Waals surface area contributed by atoms with Crippen molar-refractivity contribution in [3.63, 3.8) is 0 Å². The zero-order valence-corrected chi connectivity index (χ0v) is 14.0. The third-order valence-corrected chi connectivity index (χ3v) is 4.43. The van der Waals surface area contributed by atoms with Crippen molar-refractivity contribution in [2.75, 3.05) is 13.1 Å². The van der Waals surface area contributed by atoms with E-state index in [0.717, 1.165) is 0 Å². The quantitative estimate of drug-likeness (QED) is 0.166. The van der Waals surface area contributed by atoms with Crippen LogP contribution < -0.4 is 22.1 Å². The number of carbonyl (C=O) groups is 2. The fourth-order valence-corrected chi connectivity index (χ4v) is 3.09. The summed E-state index contributed by atoms with van der Waals surface area (Å²) in [6.07, 6.45) is 2.27. The number of guanidine groups is 1. The van der Waals surface area contributed by atoms with Gasteiger partial charge < -0.3 is 27.2 Å². The van der Waals surface area contributed by atoms with Gasteiger partial charge in [0.1, 0.15) is 0 Å². The Morgan fingerprint density at radius 1 is 1.54 bits per heavy atom. The number of hydrogen-bond donors (Lipinski definition) is 5. The van der Waals surface area contributed by atoms with Crippen molar-refractivity contribution in [1.82, 2.24) is 15.6 Å². The van der Waals surface area contributed by atoms with Crippen molar-refractivity contribution >= 4 is 29.0 Å². The zero-order chi connectivity index (χ0) is 17.5. The number of Topliss-reactive ketones (excluding diaryl/α,β-unsaturated/α-hetero) is 1.